The van der Waals surface area contributed by atoms with E-state index in [1.807, 2.05) is 0 Å². The van der Waals surface area contributed by atoms with Crippen molar-refractivity contribution in [1.29, 1.82) is 0 Å². The normalized spacial score (nSPS) is 15.7. The minimum atomic E-state index is -0.797. The van der Waals surface area contributed by atoms with Gasteiger partial charge in [-0.05, 0) is 24.6 Å². The fourth-order valence-corrected chi connectivity index (χ4v) is 2.84. The van der Waals surface area contributed by atoms with Crippen LogP contribution in [-0.2, 0) is 14.3 Å². The Kier molecular flexibility index (Phi) is 6.58. The molecule has 0 saturated heterocycles. The molecule has 1 atom stereocenters. The average Bonchev–Trinajstić information content (AvgIpc) is 2.77. The van der Waals surface area contributed by atoms with Gasteiger partial charge in [-0.15, -0.1) is 0 Å². The molecule has 0 spiro atoms. The molecule has 2 amide bonds. The Morgan fingerprint density at radius 1 is 1.10 bits per heavy atom. The van der Waals surface area contributed by atoms with Gasteiger partial charge in [0.05, 0.1) is 37.2 Å². The minimum Gasteiger partial charge on any atom is -0.497 e. The largest absolute Gasteiger partial charge is 0.497 e. The second kappa shape index (κ2) is 9.50. The van der Waals surface area contributed by atoms with Crippen molar-refractivity contribution in [3.8, 4) is 5.75 Å². The van der Waals surface area contributed by atoms with Crippen molar-refractivity contribution < 1.29 is 28.6 Å². The van der Waals surface area contributed by atoms with Crippen molar-refractivity contribution in [2.45, 2.75) is 13.0 Å². The summed E-state index contributed by atoms with van der Waals surface area (Å²) >= 11 is 0. The first-order valence-corrected chi connectivity index (χ1v) is 9.08. The SMILES string of the molecule is CCOC(=O)C1=C(COC(=O)c2cnccn2)NC(=O)N[C@H]1c1ccc(OC)cc1. The van der Waals surface area contributed by atoms with Gasteiger partial charge < -0.3 is 24.8 Å². The maximum atomic E-state index is 12.7. The molecule has 2 N–H and O–H groups in total. The Morgan fingerprint density at radius 2 is 1.87 bits per heavy atom. The van der Waals surface area contributed by atoms with Gasteiger partial charge in [0.25, 0.3) is 0 Å². The quantitative estimate of drug-likeness (QED) is 0.655. The van der Waals surface area contributed by atoms with Gasteiger partial charge in [-0.1, -0.05) is 12.1 Å². The van der Waals surface area contributed by atoms with Crippen molar-refractivity contribution in [2.75, 3.05) is 20.3 Å². The molecule has 30 heavy (non-hydrogen) atoms. The highest BCUT2D eigenvalue weighted by molar-refractivity contribution is 5.95. The molecule has 1 aliphatic rings. The van der Waals surface area contributed by atoms with Gasteiger partial charge in [-0.3, -0.25) is 4.98 Å². The third-order valence-corrected chi connectivity index (χ3v) is 4.22. The zero-order chi connectivity index (χ0) is 21.5. The van der Waals surface area contributed by atoms with E-state index in [9.17, 15) is 14.4 Å². The molecule has 1 aliphatic heterocycles. The highest BCUT2D eigenvalue weighted by Crippen LogP contribution is 2.29. The molecule has 0 bridgehead atoms. The van der Waals surface area contributed by atoms with Crippen molar-refractivity contribution in [3.63, 3.8) is 0 Å². The fourth-order valence-electron chi connectivity index (χ4n) is 2.84. The van der Waals surface area contributed by atoms with Crippen LogP contribution in [0.3, 0.4) is 0 Å². The van der Waals surface area contributed by atoms with Crippen LogP contribution in [-0.4, -0.2) is 48.3 Å². The van der Waals surface area contributed by atoms with E-state index in [-0.39, 0.29) is 30.2 Å². The molecule has 0 saturated carbocycles. The number of esters is 2. The van der Waals surface area contributed by atoms with E-state index in [1.54, 1.807) is 31.2 Å². The maximum Gasteiger partial charge on any atom is 0.358 e. The number of hydrogen-bond acceptors (Lipinski definition) is 8. The summed E-state index contributed by atoms with van der Waals surface area (Å²) in [5.41, 5.74) is 0.887. The summed E-state index contributed by atoms with van der Waals surface area (Å²) in [6, 6.07) is 5.51. The average molecular weight is 412 g/mol. The van der Waals surface area contributed by atoms with E-state index in [2.05, 4.69) is 20.6 Å². The van der Waals surface area contributed by atoms with Gasteiger partial charge in [0.15, 0.2) is 5.69 Å². The number of carbonyl (C=O) groups is 3. The molecular weight excluding hydrogens is 392 g/mol. The van der Waals surface area contributed by atoms with Crippen LogP contribution in [0.4, 0.5) is 4.79 Å². The van der Waals surface area contributed by atoms with Gasteiger partial charge in [0.2, 0.25) is 0 Å². The Hall–Kier alpha value is -3.95. The lowest BCUT2D eigenvalue weighted by molar-refractivity contribution is -0.139. The summed E-state index contributed by atoms with van der Waals surface area (Å²) in [4.78, 5) is 44.8. The molecule has 0 unspecified atom stereocenters. The molecule has 0 radical (unpaired) electrons. The highest BCUT2D eigenvalue weighted by Gasteiger charge is 2.34. The van der Waals surface area contributed by atoms with Gasteiger partial charge in [0, 0.05) is 12.4 Å². The Balaban J connectivity index is 1.92. The summed E-state index contributed by atoms with van der Waals surface area (Å²) < 4.78 is 15.5. The van der Waals surface area contributed by atoms with Crippen LogP contribution in [0.25, 0.3) is 0 Å². The second-order valence-corrected chi connectivity index (χ2v) is 6.08. The van der Waals surface area contributed by atoms with E-state index in [0.717, 1.165) is 0 Å². The first-order chi connectivity index (χ1) is 14.5. The minimum absolute atomic E-state index is 0.00255. The van der Waals surface area contributed by atoms with Gasteiger partial charge in [0.1, 0.15) is 12.4 Å². The van der Waals surface area contributed by atoms with Crippen molar-refractivity contribution in [3.05, 3.63) is 65.4 Å². The van der Waals surface area contributed by atoms with Gasteiger partial charge in [-0.25, -0.2) is 19.4 Å². The van der Waals surface area contributed by atoms with Crippen LogP contribution in [0.2, 0.25) is 0 Å². The number of benzene rings is 1. The Labute approximate surface area is 172 Å². The number of methoxy groups -OCH3 is 1. The molecule has 3 rings (SSSR count). The van der Waals surface area contributed by atoms with E-state index in [0.29, 0.717) is 11.3 Å². The zero-order valence-corrected chi connectivity index (χ0v) is 16.4. The van der Waals surface area contributed by atoms with Crippen LogP contribution in [0, 0.1) is 0 Å². The lowest BCUT2D eigenvalue weighted by Gasteiger charge is -2.29. The number of aromatic nitrogens is 2. The van der Waals surface area contributed by atoms with E-state index in [1.165, 1.54) is 25.7 Å². The molecule has 1 aromatic carbocycles. The number of hydrogen-bond donors (Lipinski definition) is 2. The van der Waals surface area contributed by atoms with Crippen molar-refractivity contribution in [1.82, 2.24) is 20.6 Å². The maximum absolute atomic E-state index is 12.7. The van der Waals surface area contributed by atoms with Crippen LogP contribution in [0.1, 0.15) is 29.0 Å². The standard InChI is InChI=1S/C20H20N4O6/c1-3-29-19(26)16-15(11-30-18(25)14-10-21-8-9-22-14)23-20(27)24-17(16)12-4-6-13(28-2)7-5-12/h4-10,17H,3,11H2,1-2H3,(H2,23,24,27)/t17-/m0/s1. The predicted octanol–water partition coefficient (Wildman–Crippen LogP) is 1.51. The predicted molar refractivity (Wildman–Crippen MR) is 103 cm³/mol. The summed E-state index contributed by atoms with van der Waals surface area (Å²) in [7, 11) is 1.54. The van der Waals surface area contributed by atoms with Crippen LogP contribution < -0.4 is 15.4 Å². The Bertz CT molecular complexity index is 959. The molecule has 1 aromatic heterocycles. The number of ether oxygens (including phenoxy) is 3. The second-order valence-electron chi connectivity index (χ2n) is 6.08. The zero-order valence-electron chi connectivity index (χ0n) is 16.4. The summed E-state index contributed by atoms with van der Waals surface area (Å²) in [5.74, 6) is -0.761. The number of nitrogens with zero attached hydrogens (tertiary/aromatic N) is 2. The van der Waals surface area contributed by atoms with Crippen molar-refractivity contribution in [2.24, 2.45) is 0 Å². The molecule has 10 nitrogen and oxygen atoms in total. The van der Waals surface area contributed by atoms with Crippen LogP contribution in [0.5, 0.6) is 5.75 Å². The van der Waals surface area contributed by atoms with E-state index < -0.39 is 24.0 Å². The van der Waals surface area contributed by atoms with Crippen molar-refractivity contribution >= 4 is 18.0 Å². The van der Waals surface area contributed by atoms with E-state index in [4.69, 9.17) is 14.2 Å². The van der Waals surface area contributed by atoms with E-state index >= 15 is 0 Å². The summed E-state index contributed by atoms with van der Waals surface area (Å²) in [6.45, 7) is 1.45. The molecule has 156 valence electrons. The number of carbonyl (C=O) groups excluding carboxylic acids is 3. The monoisotopic (exact) mass is 412 g/mol. The number of nitrogens with one attached hydrogen (secondary N) is 2. The number of urea groups is 1. The molecule has 0 fully saturated rings. The Morgan fingerprint density at radius 3 is 2.50 bits per heavy atom. The lowest BCUT2D eigenvalue weighted by atomic mass is 9.95. The molecule has 10 heteroatoms. The molecule has 0 aliphatic carbocycles. The number of rotatable bonds is 7. The fraction of sp³-hybridized carbons (Fsp3) is 0.250. The topological polar surface area (TPSA) is 129 Å². The molecule has 2 heterocycles. The summed E-state index contributed by atoms with van der Waals surface area (Å²) in [5, 5.41) is 5.22. The lowest BCUT2D eigenvalue weighted by Crippen LogP contribution is -2.47. The first kappa shape index (κ1) is 20.8. The number of amides is 2. The highest BCUT2D eigenvalue weighted by atomic mass is 16.5. The van der Waals surface area contributed by atoms with Gasteiger partial charge in [-0.2, -0.15) is 0 Å². The smallest absolute Gasteiger partial charge is 0.358 e. The third-order valence-electron chi connectivity index (χ3n) is 4.22. The van der Waals surface area contributed by atoms with Crippen LogP contribution >= 0.6 is 0 Å². The van der Waals surface area contributed by atoms with Crippen LogP contribution in [0.15, 0.2) is 54.1 Å². The molecule has 2 aromatic rings. The molecular formula is C20H20N4O6. The first-order valence-electron chi connectivity index (χ1n) is 9.08. The summed E-state index contributed by atoms with van der Waals surface area (Å²) in [6.07, 6.45) is 4.03. The third kappa shape index (κ3) is 4.72. The van der Waals surface area contributed by atoms with Gasteiger partial charge >= 0.3 is 18.0 Å².